The van der Waals surface area contributed by atoms with E-state index in [9.17, 15) is 13.2 Å². The first kappa shape index (κ1) is 14.0. The van der Waals surface area contributed by atoms with Crippen molar-refractivity contribution in [3.63, 3.8) is 0 Å². The van der Waals surface area contributed by atoms with Crippen LogP contribution >= 0.6 is 0 Å². The molecule has 1 aliphatic rings. The van der Waals surface area contributed by atoms with Gasteiger partial charge in [-0.1, -0.05) is 29.8 Å². The van der Waals surface area contributed by atoms with Crippen molar-refractivity contribution in [2.45, 2.75) is 13.1 Å². The standard InChI is InChI=1S/C13H18N2O3S/c1-10-3-5-11(6-4-10)13-14-9-12(16)15(13)7-8-19(2,17)18/h3-6,13-14H,7-9H2,1-2H3. The van der Waals surface area contributed by atoms with Crippen molar-refractivity contribution < 1.29 is 13.2 Å². The van der Waals surface area contributed by atoms with Crippen LogP contribution in [0.4, 0.5) is 0 Å². The summed E-state index contributed by atoms with van der Waals surface area (Å²) < 4.78 is 22.4. The van der Waals surface area contributed by atoms with E-state index in [2.05, 4.69) is 5.32 Å². The SMILES string of the molecule is Cc1ccc(C2NCC(=O)N2CCS(C)(=O)=O)cc1. The lowest BCUT2D eigenvalue weighted by Crippen LogP contribution is -2.34. The summed E-state index contributed by atoms with van der Waals surface area (Å²) in [5.41, 5.74) is 2.13. The number of rotatable bonds is 4. The van der Waals surface area contributed by atoms with Crippen LogP contribution < -0.4 is 5.32 Å². The van der Waals surface area contributed by atoms with Gasteiger partial charge in [-0.2, -0.15) is 0 Å². The number of benzene rings is 1. The van der Waals surface area contributed by atoms with Crippen LogP contribution in [0.25, 0.3) is 0 Å². The second-order valence-corrected chi connectivity index (χ2v) is 7.17. The number of carbonyl (C=O) groups is 1. The van der Waals surface area contributed by atoms with Gasteiger partial charge in [-0.3, -0.25) is 10.1 Å². The molecule has 0 saturated carbocycles. The predicted molar refractivity (Wildman–Crippen MR) is 73.3 cm³/mol. The van der Waals surface area contributed by atoms with Crippen molar-refractivity contribution in [3.05, 3.63) is 35.4 Å². The highest BCUT2D eigenvalue weighted by atomic mass is 32.2. The Morgan fingerprint density at radius 3 is 2.53 bits per heavy atom. The Balaban J connectivity index is 2.15. The van der Waals surface area contributed by atoms with E-state index in [0.29, 0.717) is 0 Å². The van der Waals surface area contributed by atoms with E-state index in [0.717, 1.165) is 11.1 Å². The highest BCUT2D eigenvalue weighted by Gasteiger charge is 2.31. The van der Waals surface area contributed by atoms with Crippen molar-refractivity contribution in [1.82, 2.24) is 10.2 Å². The Hall–Kier alpha value is -1.40. The molecule has 1 N–H and O–H groups in total. The summed E-state index contributed by atoms with van der Waals surface area (Å²) in [4.78, 5) is 13.4. The van der Waals surface area contributed by atoms with E-state index >= 15 is 0 Å². The minimum atomic E-state index is -3.07. The van der Waals surface area contributed by atoms with Gasteiger partial charge in [0.05, 0.1) is 12.3 Å². The van der Waals surface area contributed by atoms with Crippen LogP contribution in [0.5, 0.6) is 0 Å². The maximum atomic E-state index is 11.8. The molecule has 0 radical (unpaired) electrons. The van der Waals surface area contributed by atoms with Crippen molar-refractivity contribution >= 4 is 15.7 Å². The van der Waals surface area contributed by atoms with Crippen molar-refractivity contribution in [1.29, 1.82) is 0 Å². The third kappa shape index (κ3) is 3.54. The fourth-order valence-electron chi connectivity index (χ4n) is 2.10. The van der Waals surface area contributed by atoms with Gasteiger partial charge in [-0.05, 0) is 12.5 Å². The quantitative estimate of drug-likeness (QED) is 0.872. The van der Waals surface area contributed by atoms with Crippen molar-refractivity contribution in [2.24, 2.45) is 0 Å². The number of carbonyl (C=O) groups excluding carboxylic acids is 1. The van der Waals surface area contributed by atoms with Crippen LogP contribution in [-0.2, 0) is 14.6 Å². The van der Waals surface area contributed by atoms with E-state index in [1.165, 1.54) is 6.26 Å². The molecule has 19 heavy (non-hydrogen) atoms. The Labute approximate surface area is 113 Å². The summed E-state index contributed by atoms with van der Waals surface area (Å²) in [6.07, 6.45) is 0.955. The lowest BCUT2D eigenvalue weighted by Gasteiger charge is -2.24. The summed E-state index contributed by atoms with van der Waals surface area (Å²) in [5, 5.41) is 3.11. The molecule has 2 rings (SSSR count). The summed E-state index contributed by atoms with van der Waals surface area (Å²) in [7, 11) is -3.07. The summed E-state index contributed by atoms with van der Waals surface area (Å²) in [6.45, 7) is 2.48. The fraction of sp³-hybridized carbons (Fsp3) is 0.462. The van der Waals surface area contributed by atoms with Crippen LogP contribution in [0.2, 0.25) is 0 Å². The Morgan fingerprint density at radius 1 is 1.32 bits per heavy atom. The fourth-order valence-corrected chi connectivity index (χ4v) is 2.63. The van der Waals surface area contributed by atoms with Gasteiger partial charge in [0, 0.05) is 12.8 Å². The average Bonchev–Trinajstić information content (AvgIpc) is 2.68. The average molecular weight is 282 g/mol. The second-order valence-electron chi connectivity index (χ2n) is 4.91. The van der Waals surface area contributed by atoms with Crippen LogP contribution in [0, 0.1) is 6.92 Å². The van der Waals surface area contributed by atoms with E-state index in [-0.39, 0.29) is 30.9 Å². The molecule has 104 valence electrons. The molecule has 0 aliphatic carbocycles. The number of sulfone groups is 1. The van der Waals surface area contributed by atoms with Gasteiger partial charge in [-0.25, -0.2) is 8.42 Å². The first-order valence-electron chi connectivity index (χ1n) is 6.14. The summed E-state index contributed by atoms with van der Waals surface area (Å²) in [5.74, 6) is -0.0720. The molecule has 0 bridgehead atoms. The molecule has 1 saturated heterocycles. The van der Waals surface area contributed by atoms with E-state index < -0.39 is 9.84 Å². The highest BCUT2D eigenvalue weighted by molar-refractivity contribution is 7.90. The minimum Gasteiger partial charge on any atom is -0.321 e. The first-order valence-corrected chi connectivity index (χ1v) is 8.20. The number of amides is 1. The zero-order chi connectivity index (χ0) is 14.0. The number of hydrogen-bond acceptors (Lipinski definition) is 4. The number of aryl methyl sites for hydroxylation is 1. The van der Waals surface area contributed by atoms with Crippen LogP contribution in [0.15, 0.2) is 24.3 Å². The summed E-state index contributed by atoms with van der Waals surface area (Å²) in [6, 6.07) is 7.88. The molecule has 1 aromatic rings. The maximum absolute atomic E-state index is 11.8. The smallest absolute Gasteiger partial charge is 0.238 e. The van der Waals surface area contributed by atoms with Gasteiger partial charge >= 0.3 is 0 Å². The number of nitrogens with one attached hydrogen (secondary N) is 1. The molecular formula is C13H18N2O3S. The molecule has 1 aromatic carbocycles. The van der Waals surface area contributed by atoms with E-state index in [1.807, 2.05) is 31.2 Å². The molecule has 1 atom stereocenters. The number of hydrogen-bond donors (Lipinski definition) is 1. The molecule has 6 heteroatoms. The molecule has 0 aromatic heterocycles. The zero-order valence-electron chi connectivity index (χ0n) is 11.1. The maximum Gasteiger partial charge on any atom is 0.238 e. The predicted octanol–water partition coefficient (Wildman–Crippen LogP) is 0.470. The van der Waals surface area contributed by atoms with Crippen LogP contribution in [-0.4, -0.2) is 44.3 Å². The third-order valence-electron chi connectivity index (χ3n) is 3.17. The summed E-state index contributed by atoms with van der Waals surface area (Å²) >= 11 is 0. The zero-order valence-corrected chi connectivity index (χ0v) is 11.9. The monoisotopic (exact) mass is 282 g/mol. The lowest BCUT2D eigenvalue weighted by molar-refractivity contribution is -0.127. The Bertz CT molecular complexity index is 566. The van der Waals surface area contributed by atoms with Gasteiger partial charge in [0.25, 0.3) is 0 Å². The van der Waals surface area contributed by atoms with Gasteiger partial charge in [0.2, 0.25) is 5.91 Å². The molecular weight excluding hydrogens is 264 g/mol. The first-order chi connectivity index (χ1) is 8.87. The molecule has 1 fully saturated rings. The van der Waals surface area contributed by atoms with Crippen molar-refractivity contribution in [2.75, 3.05) is 25.1 Å². The second kappa shape index (κ2) is 5.30. The van der Waals surface area contributed by atoms with Gasteiger partial charge in [0.1, 0.15) is 16.0 Å². The molecule has 1 unspecified atom stereocenters. The molecule has 1 aliphatic heterocycles. The molecule has 0 spiro atoms. The normalized spacial score (nSPS) is 20.0. The lowest BCUT2D eigenvalue weighted by atomic mass is 10.1. The van der Waals surface area contributed by atoms with Crippen LogP contribution in [0.3, 0.4) is 0 Å². The molecule has 5 nitrogen and oxygen atoms in total. The third-order valence-corrected chi connectivity index (χ3v) is 4.10. The van der Waals surface area contributed by atoms with Gasteiger partial charge < -0.3 is 4.90 Å². The Kier molecular flexibility index (Phi) is 3.91. The van der Waals surface area contributed by atoms with E-state index in [1.54, 1.807) is 4.90 Å². The minimum absolute atomic E-state index is 0.0111. The highest BCUT2D eigenvalue weighted by Crippen LogP contribution is 2.22. The Morgan fingerprint density at radius 2 is 1.95 bits per heavy atom. The molecule has 1 heterocycles. The van der Waals surface area contributed by atoms with Crippen molar-refractivity contribution in [3.8, 4) is 0 Å². The molecule has 1 amide bonds. The van der Waals surface area contributed by atoms with Crippen LogP contribution in [0.1, 0.15) is 17.3 Å². The van der Waals surface area contributed by atoms with Gasteiger partial charge in [0.15, 0.2) is 0 Å². The van der Waals surface area contributed by atoms with E-state index in [4.69, 9.17) is 0 Å². The topological polar surface area (TPSA) is 66.5 Å². The number of nitrogens with zero attached hydrogens (tertiary/aromatic N) is 1. The van der Waals surface area contributed by atoms with Gasteiger partial charge in [-0.15, -0.1) is 0 Å². The largest absolute Gasteiger partial charge is 0.321 e.